The fourth-order valence-corrected chi connectivity index (χ4v) is 4.86. The molecule has 0 aromatic carbocycles. The Morgan fingerprint density at radius 3 is 2.83 bits per heavy atom. The van der Waals surface area contributed by atoms with E-state index in [9.17, 15) is 9.90 Å². The number of allylic oxidation sites excluding steroid dienone is 2. The number of rotatable bonds is 4. The molecule has 1 amide bonds. The highest BCUT2D eigenvalue weighted by molar-refractivity contribution is 5.98. The lowest BCUT2D eigenvalue weighted by Crippen LogP contribution is -2.33. The second kappa shape index (κ2) is 6.43. The molecule has 128 valence electrons. The number of fused-ring (bicyclic) bond motifs is 2. The molecule has 23 heavy (non-hydrogen) atoms. The van der Waals surface area contributed by atoms with Crippen LogP contribution >= 0.6 is 0 Å². The van der Waals surface area contributed by atoms with E-state index in [-0.39, 0.29) is 17.9 Å². The summed E-state index contributed by atoms with van der Waals surface area (Å²) in [6, 6.07) is 0. The summed E-state index contributed by atoms with van der Waals surface area (Å²) in [4.78, 5) is 12.3. The third-order valence-electron chi connectivity index (χ3n) is 6.19. The molecule has 1 heterocycles. The molecule has 0 radical (unpaired) electrons. The molecule has 2 N–H and O–H groups in total. The highest BCUT2D eigenvalue weighted by Crippen LogP contribution is 2.55. The molecule has 0 unspecified atom stereocenters. The number of carbonyl (C=O) groups excluding carboxylic acids is 1. The molecule has 1 fully saturated rings. The summed E-state index contributed by atoms with van der Waals surface area (Å²) in [7, 11) is 0. The summed E-state index contributed by atoms with van der Waals surface area (Å²) in [5.41, 5.74) is 3.62. The zero-order valence-corrected chi connectivity index (χ0v) is 14.9. The van der Waals surface area contributed by atoms with Crippen LogP contribution in [0.15, 0.2) is 22.8 Å². The van der Waals surface area contributed by atoms with Crippen molar-refractivity contribution < 1.29 is 9.90 Å². The second-order valence-electron chi connectivity index (χ2n) is 8.27. The minimum atomic E-state index is -0.314. The quantitative estimate of drug-likeness (QED) is 0.780. The molecule has 0 aromatic rings. The van der Waals surface area contributed by atoms with Crippen molar-refractivity contribution in [2.45, 2.75) is 59.5 Å². The molecule has 3 aliphatic rings. The van der Waals surface area contributed by atoms with Gasteiger partial charge in [-0.1, -0.05) is 25.5 Å². The molecule has 3 heteroatoms. The SMILES string of the molecule is CC(C)=CCC[C@@H](C)[C@H]1C2=C(C(=O)NC2)[C@H]2C[C@H]2[C@H](C)C[C@H]1O. The van der Waals surface area contributed by atoms with Crippen LogP contribution in [0.3, 0.4) is 0 Å². The fraction of sp³-hybridized carbons (Fsp3) is 0.750. The molecular weight excluding hydrogens is 286 g/mol. The summed E-state index contributed by atoms with van der Waals surface area (Å²) in [5, 5.41) is 13.9. The molecule has 3 nitrogen and oxygen atoms in total. The Morgan fingerprint density at radius 1 is 1.39 bits per heavy atom. The number of aliphatic hydroxyl groups excluding tert-OH is 1. The highest BCUT2D eigenvalue weighted by Gasteiger charge is 2.51. The maximum Gasteiger partial charge on any atom is 0.247 e. The van der Waals surface area contributed by atoms with Gasteiger partial charge in [-0.2, -0.15) is 0 Å². The van der Waals surface area contributed by atoms with Crippen LogP contribution in [-0.2, 0) is 4.79 Å². The standard InChI is InChI=1S/C20H31NO2/c1-11(2)6-5-7-12(3)18-16-10-21-20(23)19(16)15-9-14(15)13(4)8-17(18)22/h6,12-15,17-18,22H,5,7-10H2,1-4H3,(H,21,23)/t12-,13-,14+,15+,17-,18+/m1/s1. The lowest BCUT2D eigenvalue weighted by atomic mass is 9.74. The molecule has 0 aromatic heterocycles. The summed E-state index contributed by atoms with van der Waals surface area (Å²) >= 11 is 0. The van der Waals surface area contributed by atoms with Crippen LogP contribution in [0, 0.1) is 29.6 Å². The first-order valence-corrected chi connectivity index (χ1v) is 9.22. The zero-order chi connectivity index (χ0) is 16.7. The van der Waals surface area contributed by atoms with Gasteiger partial charge in [0.05, 0.1) is 6.10 Å². The van der Waals surface area contributed by atoms with Crippen molar-refractivity contribution in [1.82, 2.24) is 5.32 Å². The summed E-state index contributed by atoms with van der Waals surface area (Å²) < 4.78 is 0. The maximum atomic E-state index is 12.3. The predicted octanol–water partition coefficient (Wildman–Crippen LogP) is 3.45. The largest absolute Gasteiger partial charge is 0.392 e. The van der Waals surface area contributed by atoms with E-state index >= 15 is 0 Å². The Kier molecular flexibility index (Phi) is 4.68. The van der Waals surface area contributed by atoms with E-state index in [1.165, 1.54) is 11.1 Å². The van der Waals surface area contributed by atoms with Gasteiger partial charge in [0, 0.05) is 18.0 Å². The van der Waals surface area contributed by atoms with E-state index in [2.05, 4.69) is 39.1 Å². The molecule has 0 saturated heterocycles. The third kappa shape index (κ3) is 3.26. The average molecular weight is 317 g/mol. The summed E-state index contributed by atoms with van der Waals surface area (Å²) in [5.74, 6) is 2.27. The van der Waals surface area contributed by atoms with Gasteiger partial charge in [0.1, 0.15) is 0 Å². The second-order valence-corrected chi connectivity index (χ2v) is 8.27. The minimum Gasteiger partial charge on any atom is -0.392 e. The first-order chi connectivity index (χ1) is 10.9. The van der Waals surface area contributed by atoms with Gasteiger partial charge < -0.3 is 10.4 Å². The molecule has 1 saturated carbocycles. The third-order valence-corrected chi connectivity index (χ3v) is 6.19. The van der Waals surface area contributed by atoms with Gasteiger partial charge in [-0.05, 0) is 68.8 Å². The van der Waals surface area contributed by atoms with Crippen molar-refractivity contribution in [2.75, 3.05) is 6.54 Å². The number of amides is 1. The molecule has 3 rings (SSSR count). The fourth-order valence-electron chi connectivity index (χ4n) is 4.86. The topological polar surface area (TPSA) is 49.3 Å². The lowest BCUT2D eigenvalue weighted by Gasteiger charge is -2.33. The first kappa shape index (κ1) is 16.8. The zero-order valence-electron chi connectivity index (χ0n) is 14.9. The van der Waals surface area contributed by atoms with Crippen LogP contribution in [0.4, 0.5) is 0 Å². The van der Waals surface area contributed by atoms with Crippen molar-refractivity contribution >= 4 is 5.91 Å². The first-order valence-electron chi connectivity index (χ1n) is 9.22. The van der Waals surface area contributed by atoms with Gasteiger partial charge in [0.2, 0.25) is 5.91 Å². The van der Waals surface area contributed by atoms with Gasteiger partial charge >= 0.3 is 0 Å². The molecule has 2 aliphatic carbocycles. The molecular formula is C20H31NO2. The molecule has 0 spiro atoms. The van der Waals surface area contributed by atoms with Gasteiger partial charge in [-0.15, -0.1) is 0 Å². The molecule has 1 aliphatic heterocycles. The smallest absolute Gasteiger partial charge is 0.247 e. The predicted molar refractivity (Wildman–Crippen MR) is 92.7 cm³/mol. The van der Waals surface area contributed by atoms with E-state index in [0.29, 0.717) is 30.2 Å². The van der Waals surface area contributed by atoms with E-state index in [0.717, 1.165) is 31.3 Å². The Bertz CT molecular complexity index is 544. The minimum absolute atomic E-state index is 0.135. The van der Waals surface area contributed by atoms with Gasteiger partial charge in [0.15, 0.2) is 0 Å². The summed E-state index contributed by atoms with van der Waals surface area (Å²) in [6.45, 7) is 9.41. The number of carbonyl (C=O) groups is 1. The lowest BCUT2D eigenvalue weighted by molar-refractivity contribution is -0.116. The monoisotopic (exact) mass is 317 g/mol. The number of aliphatic hydroxyl groups is 1. The number of hydrogen-bond donors (Lipinski definition) is 2. The van der Waals surface area contributed by atoms with Gasteiger partial charge in [-0.25, -0.2) is 0 Å². The van der Waals surface area contributed by atoms with Crippen LogP contribution < -0.4 is 5.32 Å². The maximum absolute atomic E-state index is 12.3. The van der Waals surface area contributed by atoms with Crippen molar-refractivity contribution in [3.8, 4) is 0 Å². The number of hydrogen-bond acceptors (Lipinski definition) is 2. The van der Waals surface area contributed by atoms with Crippen LogP contribution in [0.25, 0.3) is 0 Å². The van der Waals surface area contributed by atoms with E-state index < -0.39 is 0 Å². The van der Waals surface area contributed by atoms with Crippen LogP contribution in [0.5, 0.6) is 0 Å². The van der Waals surface area contributed by atoms with E-state index in [1.54, 1.807) is 0 Å². The average Bonchev–Trinajstić information content (AvgIpc) is 3.15. The normalized spacial score (nSPS) is 37.3. The Labute approximate surface area is 140 Å². The van der Waals surface area contributed by atoms with Crippen LogP contribution in [-0.4, -0.2) is 23.7 Å². The van der Waals surface area contributed by atoms with Crippen molar-refractivity contribution in [3.63, 3.8) is 0 Å². The Morgan fingerprint density at radius 2 is 2.13 bits per heavy atom. The number of nitrogens with one attached hydrogen (secondary N) is 1. The Balaban J connectivity index is 1.85. The van der Waals surface area contributed by atoms with E-state index in [1.807, 2.05) is 0 Å². The van der Waals surface area contributed by atoms with Crippen molar-refractivity contribution in [2.24, 2.45) is 29.6 Å². The van der Waals surface area contributed by atoms with Crippen LogP contribution in [0.1, 0.15) is 53.4 Å². The van der Waals surface area contributed by atoms with Gasteiger partial charge in [-0.3, -0.25) is 4.79 Å². The van der Waals surface area contributed by atoms with Gasteiger partial charge in [0.25, 0.3) is 0 Å². The molecule has 0 bridgehead atoms. The van der Waals surface area contributed by atoms with Crippen molar-refractivity contribution in [3.05, 3.63) is 22.8 Å². The summed E-state index contributed by atoms with van der Waals surface area (Å²) in [6.07, 6.45) is 6.10. The van der Waals surface area contributed by atoms with E-state index in [4.69, 9.17) is 0 Å². The van der Waals surface area contributed by atoms with Crippen molar-refractivity contribution in [1.29, 1.82) is 0 Å². The van der Waals surface area contributed by atoms with Crippen LogP contribution in [0.2, 0.25) is 0 Å². The highest BCUT2D eigenvalue weighted by atomic mass is 16.3. The molecule has 6 atom stereocenters. The Hall–Kier alpha value is -1.09.